The van der Waals surface area contributed by atoms with E-state index in [9.17, 15) is 13.6 Å². The van der Waals surface area contributed by atoms with Crippen molar-refractivity contribution in [2.75, 3.05) is 0 Å². The molecule has 1 aliphatic rings. The molecule has 0 aromatic heterocycles. The highest BCUT2D eigenvalue weighted by Crippen LogP contribution is 2.34. The summed E-state index contributed by atoms with van der Waals surface area (Å²) in [6.07, 6.45) is 4.00. The van der Waals surface area contributed by atoms with Crippen LogP contribution in [0, 0.1) is 23.5 Å². The topological polar surface area (TPSA) is 17.1 Å². The molecule has 0 bridgehead atoms. The first-order valence-electron chi connectivity index (χ1n) is 6.57. The number of hydrogen-bond donors (Lipinski definition) is 0. The van der Waals surface area contributed by atoms with E-state index in [0.717, 1.165) is 31.7 Å². The molecule has 2 rings (SSSR count). The summed E-state index contributed by atoms with van der Waals surface area (Å²) in [5.41, 5.74) is 0.181. The molecule has 0 amide bonds. The lowest BCUT2D eigenvalue weighted by Gasteiger charge is -2.10. The van der Waals surface area contributed by atoms with Crippen molar-refractivity contribution in [2.24, 2.45) is 11.8 Å². The molecule has 0 N–H and O–H groups in total. The molecule has 1 saturated carbocycles. The molecule has 0 spiro atoms. The van der Waals surface area contributed by atoms with Gasteiger partial charge in [-0.05, 0) is 36.8 Å². The average molecular weight is 252 g/mol. The molecule has 3 heteroatoms. The minimum Gasteiger partial charge on any atom is -0.299 e. The van der Waals surface area contributed by atoms with Gasteiger partial charge in [0.2, 0.25) is 0 Å². The second-order valence-corrected chi connectivity index (χ2v) is 5.14. The van der Waals surface area contributed by atoms with Crippen molar-refractivity contribution in [1.82, 2.24) is 0 Å². The number of carbonyl (C=O) groups is 1. The van der Waals surface area contributed by atoms with Crippen LogP contribution in [0.2, 0.25) is 0 Å². The quantitative estimate of drug-likeness (QED) is 0.794. The van der Waals surface area contributed by atoms with Crippen molar-refractivity contribution in [2.45, 2.75) is 39.0 Å². The first-order valence-corrected chi connectivity index (χ1v) is 6.57. The number of ketones is 1. The molecule has 98 valence electrons. The van der Waals surface area contributed by atoms with E-state index in [2.05, 4.69) is 6.92 Å². The predicted molar refractivity (Wildman–Crippen MR) is 66.2 cm³/mol. The Kier molecular flexibility index (Phi) is 4.10. The summed E-state index contributed by atoms with van der Waals surface area (Å²) in [5, 5.41) is 0. The van der Waals surface area contributed by atoms with Crippen LogP contribution < -0.4 is 0 Å². The lowest BCUT2D eigenvalue weighted by atomic mass is 9.94. The zero-order valence-electron chi connectivity index (χ0n) is 10.6. The summed E-state index contributed by atoms with van der Waals surface area (Å²) in [5.74, 6) is -1.04. The predicted octanol–water partition coefficient (Wildman–Crippen LogP) is 3.90. The van der Waals surface area contributed by atoms with Crippen LogP contribution in [0.25, 0.3) is 0 Å². The number of rotatable bonds is 4. The van der Waals surface area contributed by atoms with Gasteiger partial charge in [-0.3, -0.25) is 4.79 Å². The first-order chi connectivity index (χ1) is 8.61. The Morgan fingerprint density at radius 3 is 2.78 bits per heavy atom. The summed E-state index contributed by atoms with van der Waals surface area (Å²) >= 11 is 0. The van der Waals surface area contributed by atoms with Gasteiger partial charge in [0, 0.05) is 12.3 Å². The van der Waals surface area contributed by atoms with Crippen LogP contribution in [-0.4, -0.2) is 5.78 Å². The van der Waals surface area contributed by atoms with Crippen molar-refractivity contribution in [3.05, 3.63) is 35.4 Å². The summed E-state index contributed by atoms with van der Waals surface area (Å²) in [4.78, 5) is 12.1. The zero-order chi connectivity index (χ0) is 13.1. The maximum atomic E-state index is 13.5. The molecule has 2 unspecified atom stereocenters. The van der Waals surface area contributed by atoms with E-state index in [1.807, 2.05) is 0 Å². The Morgan fingerprint density at radius 1 is 1.33 bits per heavy atom. The molecule has 1 aliphatic carbocycles. The van der Waals surface area contributed by atoms with Gasteiger partial charge in [0.05, 0.1) is 0 Å². The fraction of sp³-hybridized carbons (Fsp3) is 0.533. The molecule has 18 heavy (non-hydrogen) atoms. The van der Waals surface area contributed by atoms with E-state index in [-0.39, 0.29) is 23.7 Å². The Balaban J connectivity index is 2.01. The van der Waals surface area contributed by atoms with Crippen molar-refractivity contribution >= 4 is 5.78 Å². The van der Waals surface area contributed by atoms with Crippen LogP contribution in [0.15, 0.2) is 18.2 Å². The smallest absolute Gasteiger partial charge is 0.162 e. The van der Waals surface area contributed by atoms with E-state index in [1.165, 1.54) is 12.1 Å². The molecular formula is C15H18F2O. The summed E-state index contributed by atoms with van der Waals surface area (Å²) < 4.78 is 26.5. The standard InChI is InChI=1S/C15H18F2O/c1-2-10-6-7-11(8-10)14(18)9-12-4-3-5-13(16)15(12)17/h3-5,10-11H,2,6-9H2,1H3. The fourth-order valence-corrected chi connectivity index (χ4v) is 2.76. The summed E-state index contributed by atoms with van der Waals surface area (Å²) in [6.45, 7) is 2.13. The minimum absolute atomic E-state index is 0.0185. The molecule has 1 nitrogen and oxygen atoms in total. The third-order valence-corrected chi connectivity index (χ3v) is 3.97. The van der Waals surface area contributed by atoms with E-state index < -0.39 is 11.6 Å². The van der Waals surface area contributed by atoms with Crippen LogP contribution >= 0.6 is 0 Å². The van der Waals surface area contributed by atoms with Crippen molar-refractivity contribution in [3.63, 3.8) is 0 Å². The molecule has 2 atom stereocenters. The van der Waals surface area contributed by atoms with Gasteiger partial charge in [0.15, 0.2) is 11.6 Å². The lowest BCUT2D eigenvalue weighted by molar-refractivity contribution is -0.122. The van der Waals surface area contributed by atoms with Gasteiger partial charge in [-0.2, -0.15) is 0 Å². The lowest BCUT2D eigenvalue weighted by Crippen LogP contribution is -2.15. The largest absolute Gasteiger partial charge is 0.299 e. The average Bonchev–Trinajstić information content (AvgIpc) is 2.83. The van der Waals surface area contributed by atoms with Crippen LogP contribution in [-0.2, 0) is 11.2 Å². The van der Waals surface area contributed by atoms with Crippen LogP contribution in [0.3, 0.4) is 0 Å². The summed E-state index contributed by atoms with van der Waals surface area (Å²) in [6, 6.07) is 4.01. The third kappa shape index (κ3) is 2.77. The number of hydrogen-bond acceptors (Lipinski definition) is 1. The Morgan fingerprint density at radius 2 is 2.11 bits per heavy atom. The Bertz CT molecular complexity index is 442. The van der Waals surface area contributed by atoms with Crippen LogP contribution in [0.1, 0.15) is 38.2 Å². The number of Topliss-reactive ketones (excluding diaryl/α,β-unsaturated/α-hetero) is 1. The zero-order valence-corrected chi connectivity index (χ0v) is 10.6. The Labute approximate surface area is 106 Å². The molecule has 1 aromatic carbocycles. The van der Waals surface area contributed by atoms with Gasteiger partial charge >= 0.3 is 0 Å². The minimum atomic E-state index is -0.879. The van der Waals surface area contributed by atoms with Gasteiger partial charge < -0.3 is 0 Å². The fourth-order valence-electron chi connectivity index (χ4n) is 2.76. The molecule has 0 saturated heterocycles. The maximum absolute atomic E-state index is 13.5. The maximum Gasteiger partial charge on any atom is 0.162 e. The number of benzene rings is 1. The van der Waals surface area contributed by atoms with Gasteiger partial charge in [0.25, 0.3) is 0 Å². The molecule has 0 radical (unpaired) electrons. The number of halogens is 2. The van der Waals surface area contributed by atoms with Gasteiger partial charge in [-0.15, -0.1) is 0 Å². The highest BCUT2D eigenvalue weighted by molar-refractivity contribution is 5.83. The second kappa shape index (κ2) is 5.59. The highest BCUT2D eigenvalue weighted by Gasteiger charge is 2.29. The Hall–Kier alpha value is -1.25. The van der Waals surface area contributed by atoms with Crippen molar-refractivity contribution < 1.29 is 13.6 Å². The van der Waals surface area contributed by atoms with Gasteiger partial charge in [-0.25, -0.2) is 8.78 Å². The van der Waals surface area contributed by atoms with Crippen molar-refractivity contribution in [1.29, 1.82) is 0 Å². The molecule has 0 heterocycles. The van der Waals surface area contributed by atoms with Crippen LogP contribution in [0.4, 0.5) is 8.78 Å². The van der Waals surface area contributed by atoms with Crippen molar-refractivity contribution in [3.8, 4) is 0 Å². The van der Waals surface area contributed by atoms with Crippen LogP contribution in [0.5, 0.6) is 0 Å². The van der Waals surface area contributed by atoms with E-state index >= 15 is 0 Å². The molecule has 1 aromatic rings. The number of carbonyl (C=O) groups excluding carboxylic acids is 1. The SMILES string of the molecule is CCC1CCC(C(=O)Cc2cccc(F)c2F)C1. The third-order valence-electron chi connectivity index (χ3n) is 3.97. The van der Waals surface area contributed by atoms with E-state index in [1.54, 1.807) is 0 Å². The first kappa shape index (κ1) is 13.2. The van der Waals surface area contributed by atoms with E-state index in [0.29, 0.717) is 5.92 Å². The monoisotopic (exact) mass is 252 g/mol. The normalized spacial score (nSPS) is 23.3. The highest BCUT2D eigenvalue weighted by atomic mass is 19.2. The van der Waals surface area contributed by atoms with Gasteiger partial charge in [0.1, 0.15) is 5.78 Å². The summed E-state index contributed by atoms with van der Waals surface area (Å²) in [7, 11) is 0. The molecule has 0 aliphatic heterocycles. The molecule has 1 fully saturated rings. The molecular weight excluding hydrogens is 234 g/mol. The van der Waals surface area contributed by atoms with E-state index in [4.69, 9.17) is 0 Å². The second-order valence-electron chi connectivity index (χ2n) is 5.14. The van der Waals surface area contributed by atoms with Gasteiger partial charge in [-0.1, -0.05) is 25.5 Å².